The molecule has 0 unspecified atom stereocenters. The zero-order valence-corrected chi connectivity index (χ0v) is 14.4. The van der Waals surface area contributed by atoms with Gasteiger partial charge in [-0.15, -0.1) is 11.3 Å². The van der Waals surface area contributed by atoms with E-state index in [-0.39, 0.29) is 18.1 Å². The molecule has 0 aliphatic heterocycles. The van der Waals surface area contributed by atoms with Gasteiger partial charge in [0.25, 0.3) is 0 Å². The molecule has 1 fully saturated rings. The van der Waals surface area contributed by atoms with Crippen LogP contribution in [0, 0.1) is 5.92 Å². The number of thiazole rings is 1. The van der Waals surface area contributed by atoms with Gasteiger partial charge in [-0.2, -0.15) is 0 Å². The van der Waals surface area contributed by atoms with Gasteiger partial charge in [0.1, 0.15) is 0 Å². The molecule has 1 aromatic heterocycles. The molecule has 22 heavy (non-hydrogen) atoms. The lowest BCUT2D eigenvalue weighted by molar-refractivity contribution is 0.0565. The highest BCUT2D eigenvalue weighted by Gasteiger charge is 2.25. The minimum absolute atomic E-state index is 0.0648. The van der Waals surface area contributed by atoms with Gasteiger partial charge in [-0.25, -0.2) is 9.78 Å². The maximum absolute atomic E-state index is 12.1. The predicted octanol–water partition coefficient (Wildman–Crippen LogP) is 2.44. The van der Waals surface area contributed by atoms with Gasteiger partial charge < -0.3 is 15.3 Å². The summed E-state index contributed by atoms with van der Waals surface area (Å²) in [7, 11) is 1.80. The summed E-state index contributed by atoms with van der Waals surface area (Å²) in [6.07, 6.45) is 7.57. The number of urea groups is 1. The molecule has 124 valence electrons. The van der Waals surface area contributed by atoms with Crippen molar-refractivity contribution in [2.24, 2.45) is 5.92 Å². The van der Waals surface area contributed by atoms with Gasteiger partial charge in [0.15, 0.2) is 0 Å². The third-order valence-corrected chi connectivity index (χ3v) is 5.49. The molecule has 0 radical (unpaired) electrons. The maximum Gasteiger partial charge on any atom is 0.317 e. The van der Waals surface area contributed by atoms with E-state index in [0.717, 1.165) is 43.5 Å². The molecule has 1 heterocycles. The van der Waals surface area contributed by atoms with Gasteiger partial charge in [-0.1, -0.05) is 19.8 Å². The predicted molar refractivity (Wildman–Crippen MR) is 89.2 cm³/mol. The maximum atomic E-state index is 12.1. The lowest BCUT2D eigenvalue weighted by Crippen LogP contribution is -2.43. The Morgan fingerprint density at radius 2 is 2.27 bits per heavy atom. The molecule has 1 saturated carbocycles. The molecule has 1 aliphatic rings. The van der Waals surface area contributed by atoms with E-state index >= 15 is 0 Å². The minimum Gasteiger partial charge on any atom is -0.393 e. The van der Waals surface area contributed by atoms with Gasteiger partial charge in [-0.3, -0.25) is 0 Å². The van der Waals surface area contributed by atoms with Crippen molar-refractivity contribution in [3.63, 3.8) is 0 Å². The summed E-state index contributed by atoms with van der Waals surface area (Å²) >= 11 is 1.71. The van der Waals surface area contributed by atoms with E-state index in [2.05, 4.69) is 17.2 Å². The van der Waals surface area contributed by atoms with Gasteiger partial charge in [0.2, 0.25) is 0 Å². The van der Waals surface area contributed by atoms with E-state index in [9.17, 15) is 9.90 Å². The third-order valence-electron chi connectivity index (χ3n) is 4.29. The van der Waals surface area contributed by atoms with Crippen LogP contribution in [-0.4, -0.2) is 47.3 Å². The second kappa shape index (κ2) is 8.48. The fourth-order valence-corrected chi connectivity index (χ4v) is 3.74. The number of nitrogens with one attached hydrogen (secondary N) is 1. The van der Waals surface area contributed by atoms with Crippen molar-refractivity contribution in [1.82, 2.24) is 15.2 Å². The summed E-state index contributed by atoms with van der Waals surface area (Å²) < 4.78 is 0. The molecule has 0 saturated heterocycles. The third kappa shape index (κ3) is 4.95. The van der Waals surface area contributed by atoms with Gasteiger partial charge in [-0.05, 0) is 19.3 Å². The van der Waals surface area contributed by atoms with Crippen molar-refractivity contribution in [2.45, 2.75) is 51.6 Å². The molecule has 6 heteroatoms. The van der Waals surface area contributed by atoms with Crippen LogP contribution < -0.4 is 5.32 Å². The highest BCUT2D eigenvalue weighted by Crippen LogP contribution is 2.24. The lowest BCUT2D eigenvalue weighted by Gasteiger charge is -2.31. The average molecular weight is 325 g/mol. The number of aromatic nitrogens is 1. The molecule has 2 rings (SSSR count). The van der Waals surface area contributed by atoms with Crippen LogP contribution in [0.1, 0.15) is 42.5 Å². The van der Waals surface area contributed by atoms with Crippen molar-refractivity contribution in [1.29, 1.82) is 0 Å². The first-order valence-corrected chi connectivity index (χ1v) is 9.02. The molecular formula is C16H27N3O2S. The Labute approximate surface area is 136 Å². The molecule has 0 bridgehead atoms. The number of rotatable bonds is 6. The number of amides is 2. The largest absolute Gasteiger partial charge is 0.393 e. The second-order valence-corrected chi connectivity index (χ2v) is 7.25. The summed E-state index contributed by atoms with van der Waals surface area (Å²) in [5, 5.41) is 14.0. The van der Waals surface area contributed by atoms with Crippen LogP contribution in [0.15, 0.2) is 6.20 Å². The number of aliphatic hydroxyl groups excluding tert-OH is 1. The number of carbonyl (C=O) groups excluding carboxylic acids is 1. The zero-order chi connectivity index (χ0) is 15.9. The zero-order valence-electron chi connectivity index (χ0n) is 13.5. The van der Waals surface area contributed by atoms with Crippen LogP contribution in [0.2, 0.25) is 0 Å². The average Bonchev–Trinajstić information content (AvgIpc) is 2.97. The number of aliphatic hydroxyl groups is 1. The van der Waals surface area contributed by atoms with Crippen molar-refractivity contribution in [3.8, 4) is 0 Å². The van der Waals surface area contributed by atoms with Crippen molar-refractivity contribution in [2.75, 3.05) is 20.1 Å². The van der Waals surface area contributed by atoms with Crippen molar-refractivity contribution < 1.29 is 9.90 Å². The molecular weight excluding hydrogens is 298 g/mol. The first kappa shape index (κ1) is 17.2. The van der Waals surface area contributed by atoms with Gasteiger partial charge in [0, 0.05) is 43.5 Å². The van der Waals surface area contributed by atoms with Crippen LogP contribution in [0.3, 0.4) is 0 Å². The molecule has 2 atom stereocenters. The van der Waals surface area contributed by atoms with Gasteiger partial charge >= 0.3 is 6.03 Å². The molecule has 1 aromatic rings. The summed E-state index contributed by atoms with van der Waals surface area (Å²) in [5.74, 6) is 0.218. The van der Waals surface area contributed by atoms with E-state index in [1.165, 1.54) is 4.88 Å². The van der Waals surface area contributed by atoms with E-state index in [1.54, 1.807) is 23.3 Å². The van der Waals surface area contributed by atoms with E-state index in [1.807, 2.05) is 6.20 Å². The fourth-order valence-electron chi connectivity index (χ4n) is 2.87. The highest BCUT2D eigenvalue weighted by molar-refractivity contribution is 7.11. The molecule has 2 N–H and O–H groups in total. The molecule has 0 aromatic carbocycles. The van der Waals surface area contributed by atoms with Crippen LogP contribution >= 0.6 is 11.3 Å². The number of aryl methyl sites for hydroxylation is 1. The van der Waals surface area contributed by atoms with E-state index in [0.29, 0.717) is 13.1 Å². The molecule has 1 aliphatic carbocycles. The summed E-state index contributed by atoms with van der Waals surface area (Å²) in [5.41, 5.74) is 0. The highest BCUT2D eigenvalue weighted by atomic mass is 32.1. The Balaban J connectivity index is 1.69. The Morgan fingerprint density at radius 3 is 2.95 bits per heavy atom. The molecule has 5 nitrogen and oxygen atoms in total. The first-order valence-electron chi connectivity index (χ1n) is 8.20. The standard InChI is InChI=1S/C16H27N3O2S/c1-3-13-10-18-15(22-13)8-9-17-16(21)19(2)11-12-6-4-5-7-14(12)20/h10,12,14,20H,3-9,11H2,1-2H3,(H,17,21)/t12-,14+/m0/s1. The molecule has 0 spiro atoms. The summed E-state index contributed by atoms with van der Waals surface area (Å²) in [6, 6.07) is -0.0648. The van der Waals surface area contributed by atoms with Gasteiger partial charge in [0.05, 0.1) is 11.1 Å². The topological polar surface area (TPSA) is 65.5 Å². The monoisotopic (exact) mass is 325 g/mol. The Kier molecular flexibility index (Phi) is 6.64. The second-order valence-electron chi connectivity index (χ2n) is 6.05. The van der Waals surface area contributed by atoms with Crippen LogP contribution in [-0.2, 0) is 12.8 Å². The fraction of sp³-hybridized carbons (Fsp3) is 0.750. The Hall–Kier alpha value is -1.14. The number of hydrogen-bond acceptors (Lipinski definition) is 4. The Morgan fingerprint density at radius 1 is 1.50 bits per heavy atom. The van der Waals surface area contributed by atoms with Crippen LogP contribution in [0.4, 0.5) is 4.79 Å². The SMILES string of the molecule is CCc1cnc(CCNC(=O)N(C)C[C@@H]2CCCC[C@H]2O)s1. The smallest absolute Gasteiger partial charge is 0.317 e. The number of nitrogens with zero attached hydrogens (tertiary/aromatic N) is 2. The van der Waals surface area contributed by atoms with Crippen molar-refractivity contribution >= 4 is 17.4 Å². The quantitative estimate of drug-likeness (QED) is 0.844. The van der Waals surface area contributed by atoms with Crippen LogP contribution in [0.5, 0.6) is 0 Å². The lowest BCUT2D eigenvalue weighted by atomic mass is 9.86. The summed E-state index contributed by atoms with van der Waals surface area (Å²) in [4.78, 5) is 19.4. The summed E-state index contributed by atoms with van der Waals surface area (Å²) in [6.45, 7) is 3.35. The number of hydrogen-bond donors (Lipinski definition) is 2. The van der Waals surface area contributed by atoms with Crippen LogP contribution in [0.25, 0.3) is 0 Å². The van der Waals surface area contributed by atoms with Crippen molar-refractivity contribution in [3.05, 3.63) is 16.1 Å². The van der Waals surface area contributed by atoms with E-state index < -0.39 is 0 Å². The normalized spacial score (nSPS) is 21.6. The first-order chi connectivity index (χ1) is 10.6. The minimum atomic E-state index is -0.258. The number of carbonyl (C=O) groups is 1. The van der Waals surface area contributed by atoms with E-state index in [4.69, 9.17) is 0 Å². The molecule has 2 amide bonds. The Bertz CT molecular complexity index is 478.